The summed E-state index contributed by atoms with van der Waals surface area (Å²) in [7, 11) is 0. The number of hydrogen-bond acceptors (Lipinski definition) is 2. The number of nitrogens with two attached hydrogens (primary N) is 1. The van der Waals surface area contributed by atoms with Crippen molar-refractivity contribution in [1.82, 2.24) is 9.55 Å². The van der Waals surface area contributed by atoms with E-state index in [2.05, 4.69) is 34.8 Å². The monoisotopic (exact) mass is 241 g/mol. The number of fused-ring (bicyclic) bond motifs is 1. The third-order valence-corrected chi connectivity index (χ3v) is 3.93. The van der Waals surface area contributed by atoms with Crippen LogP contribution >= 0.6 is 0 Å². The highest BCUT2D eigenvalue weighted by Crippen LogP contribution is 2.29. The van der Waals surface area contributed by atoms with Gasteiger partial charge in [-0.1, -0.05) is 0 Å². The molecule has 0 saturated heterocycles. The van der Waals surface area contributed by atoms with Crippen LogP contribution in [-0.2, 0) is 13.0 Å². The summed E-state index contributed by atoms with van der Waals surface area (Å²) in [6.07, 6.45) is 9.44. The van der Waals surface area contributed by atoms with Gasteiger partial charge in [0.25, 0.3) is 0 Å². The van der Waals surface area contributed by atoms with Crippen molar-refractivity contribution >= 4 is 0 Å². The minimum absolute atomic E-state index is 0.227. The van der Waals surface area contributed by atoms with E-state index in [1.807, 2.05) is 12.4 Å². The summed E-state index contributed by atoms with van der Waals surface area (Å²) in [5.41, 5.74) is 11.5. The zero-order valence-corrected chi connectivity index (χ0v) is 10.8. The SMILES string of the molecule is Cc1ccncc1Cn1ccc2c1CCCC2N. The molecule has 0 saturated carbocycles. The fourth-order valence-electron chi connectivity index (χ4n) is 2.79. The van der Waals surface area contributed by atoms with Gasteiger partial charge in [-0.25, -0.2) is 0 Å². The Morgan fingerprint density at radius 2 is 2.33 bits per heavy atom. The second kappa shape index (κ2) is 4.58. The molecule has 3 heteroatoms. The molecule has 18 heavy (non-hydrogen) atoms. The second-order valence-electron chi connectivity index (χ2n) is 5.15. The smallest absolute Gasteiger partial charge is 0.0490 e. The first-order valence-electron chi connectivity index (χ1n) is 6.58. The van der Waals surface area contributed by atoms with Crippen LogP contribution in [0, 0.1) is 6.92 Å². The van der Waals surface area contributed by atoms with Crippen LogP contribution in [0.2, 0.25) is 0 Å². The fraction of sp³-hybridized carbons (Fsp3) is 0.400. The van der Waals surface area contributed by atoms with Crippen molar-refractivity contribution in [3.05, 3.63) is 53.1 Å². The normalized spacial score (nSPS) is 18.7. The van der Waals surface area contributed by atoms with Gasteiger partial charge in [-0.3, -0.25) is 4.98 Å². The van der Waals surface area contributed by atoms with Gasteiger partial charge in [0.05, 0.1) is 0 Å². The Hall–Kier alpha value is -1.61. The van der Waals surface area contributed by atoms with Gasteiger partial charge in [-0.15, -0.1) is 0 Å². The van der Waals surface area contributed by atoms with Crippen molar-refractivity contribution in [3.63, 3.8) is 0 Å². The van der Waals surface area contributed by atoms with Gasteiger partial charge in [-0.2, -0.15) is 0 Å². The lowest BCUT2D eigenvalue weighted by atomic mass is 9.93. The van der Waals surface area contributed by atoms with Crippen LogP contribution in [0.1, 0.15) is 41.3 Å². The highest BCUT2D eigenvalue weighted by atomic mass is 15.0. The molecule has 0 amide bonds. The van der Waals surface area contributed by atoms with Gasteiger partial charge in [0.15, 0.2) is 0 Å². The molecule has 2 heterocycles. The van der Waals surface area contributed by atoms with E-state index in [4.69, 9.17) is 5.73 Å². The van der Waals surface area contributed by atoms with Crippen molar-refractivity contribution in [2.45, 2.75) is 38.8 Å². The molecule has 1 atom stereocenters. The van der Waals surface area contributed by atoms with E-state index in [9.17, 15) is 0 Å². The van der Waals surface area contributed by atoms with Crippen LogP contribution < -0.4 is 5.73 Å². The van der Waals surface area contributed by atoms with E-state index in [1.54, 1.807) is 0 Å². The minimum atomic E-state index is 0.227. The maximum Gasteiger partial charge on any atom is 0.0490 e. The van der Waals surface area contributed by atoms with Crippen LogP contribution in [0.15, 0.2) is 30.7 Å². The molecule has 2 aromatic rings. The lowest BCUT2D eigenvalue weighted by molar-refractivity contribution is 0.547. The van der Waals surface area contributed by atoms with E-state index in [-0.39, 0.29) is 6.04 Å². The number of nitrogens with zero attached hydrogens (tertiary/aromatic N) is 2. The molecule has 94 valence electrons. The number of aromatic nitrogens is 2. The highest BCUT2D eigenvalue weighted by Gasteiger charge is 2.20. The van der Waals surface area contributed by atoms with E-state index in [0.29, 0.717) is 0 Å². The van der Waals surface area contributed by atoms with Crippen LogP contribution in [0.25, 0.3) is 0 Å². The fourth-order valence-corrected chi connectivity index (χ4v) is 2.79. The van der Waals surface area contributed by atoms with Gasteiger partial charge in [0.1, 0.15) is 0 Å². The average Bonchev–Trinajstić information content (AvgIpc) is 2.77. The Bertz CT molecular complexity index is 557. The molecule has 1 unspecified atom stereocenters. The Kier molecular flexibility index (Phi) is 2.92. The van der Waals surface area contributed by atoms with Crippen LogP contribution in [-0.4, -0.2) is 9.55 Å². The zero-order valence-electron chi connectivity index (χ0n) is 10.8. The Morgan fingerprint density at radius 3 is 3.17 bits per heavy atom. The molecule has 0 aliphatic heterocycles. The van der Waals surface area contributed by atoms with Gasteiger partial charge in [0.2, 0.25) is 0 Å². The third kappa shape index (κ3) is 1.95. The van der Waals surface area contributed by atoms with Gasteiger partial charge in [-0.05, 0) is 55.0 Å². The first-order chi connectivity index (χ1) is 8.75. The number of rotatable bonds is 2. The van der Waals surface area contributed by atoms with Crippen LogP contribution in [0.4, 0.5) is 0 Å². The summed E-state index contributed by atoms with van der Waals surface area (Å²) < 4.78 is 2.33. The van der Waals surface area contributed by atoms with E-state index in [1.165, 1.54) is 28.8 Å². The lowest BCUT2D eigenvalue weighted by Gasteiger charge is -2.21. The molecular weight excluding hydrogens is 222 g/mol. The summed E-state index contributed by atoms with van der Waals surface area (Å²) in [4.78, 5) is 4.22. The topological polar surface area (TPSA) is 43.8 Å². The Morgan fingerprint density at radius 1 is 1.44 bits per heavy atom. The van der Waals surface area contributed by atoms with Crippen molar-refractivity contribution in [1.29, 1.82) is 0 Å². The van der Waals surface area contributed by atoms with Crippen LogP contribution in [0.5, 0.6) is 0 Å². The standard InChI is InChI=1S/C15H19N3/c1-11-5-7-17-9-12(11)10-18-8-6-13-14(16)3-2-4-15(13)18/h5-9,14H,2-4,10,16H2,1H3. The second-order valence-corrected chi connectivity index (χ2v) is 5.15. The predicted molar refractivity (Wildman–Crippen MR) is 72.4 cm³/mol. The molecule has 2 N–H and O–H groups in total. The molecule has 0 bridgehead atoms. The molecule has 1 aliphatic carbocycles. The Balaban J connectivity index is 1.92. The third-order valence-electron chi connectivity index (χ3n) is 3.93. The molecule has 3 rings (SSSR count). The first kappa shape index (κ1) is 11.5. The molecular formula is C15H19N3. The molecule has 2 aromatic heterocycles. The first-order valence-corrected chi connectivity index (χ1v) is 6.58. The van der Waals surface area contributed by atoms with Crippen molar-refractivity contribution in [2.75, 3.05) is 0 Å². The number of pyridine rings is 1. The quantitative estimate of drug-likeness (QED) is 0.878. The predicted octanol–water partition coefficient (Wildman–Crippen LogP) is 2.58. The summed E-state index contributed by atoms with van der Waals surface area (Å²) in [6, 6.07) is 4.48. The summed E-state index contributed by atoms with van der Waals surface area (Å²) >= 11 is 0. The largest absolute Gasteiger partial charge is 0.347 e. The van der Waals surface area contributed by atoms with E-state index >= 15 is 0 Å². The summed E-state index contributed by atoms with van der Waals surface area (Å²) in [5.74, 6) is 0. The van der Waals surface area contributed by atoms with Gasteiger partial charge in [0, 0.05) is 36.9 Å². The number of aryl methyl sites for hydroxylation is 1. The molecule has 0 radical (unpaired) electrons. The van der Waals surface area contributed by atoms with Gasteiger partial charge >= 0.3 is 0 Å². The molecule has 0 fully saturated rings. The summed E-state index contributed by atoms with van der Waals surface area (Å²) in [6.45, 7) is 3.04. The average molecular weight is 241 g/mol. The van der Waals surface area contributed by atoms with Crippen LogP contribution in [0.3, 0.4) is 0 Å². The Labute approximate surface area is 108 Å². The minimum Gasteiger partial charge on any atom is -0.347 e. The maximum atomic E-state index is 6.16. The maximum absolute atomic E-state index is 6.16. The molecule has 0 aromatic carbocycles. The zero-order chi connectivity index (χ0) is 12.5. The van der Waals surface area contributed by atoms with Crippen molar-refractivity contribution in [2.24, 2.45) is 5.73 Å². The lowest BCUT2D eigenvalue weighted by Crippen LogP contribution is -2.18. The summed E-state index contributed by atoms with van der Waals surface area (Å²) in [5, 5.41) is 0. The number of hydrogen-bond donors (Lipinski definition) is 1. The van der Waals surface area contributed by atoms with E-state index < -0.39 is 0 Å². The highest BCUT2D eigenvalue weighted by molar-refractivity contribution is 5.30. The van der Waals surface area contributed by atoms with E-state index in [0.717, 1.165) is 19.4 Å². The van der Waals surface area contributed by atoms with Crippen molar-refractivity contribution in [3.8, 4) is 0 Å². The van der Waals surface area contributed by atoms with Crippen molar-refractivity contribution < 1.29 is 0 Å². The molecule has 0 spiro atoms. The molecule has 1 aliphatic rings. The molecule has 3 nitrogen and oxygen atoms in total. The van der Waals surface area contributed by atoms with Gasteiger partial charge < -0.3 is 10.3 Å².